The van der Waals surface area contributed by atoms with Gasteiger partial charge >= 0.3 is 0 Å². The number of fused-ring (bicyclic) bond motifs is 1. The molecule has 1 saturated heterocycles. The smallest absolute Gasteiger partial charge is 0.234 e. The van der Waals surface area contributed by atoms with Gasteiger partial charge in [0.1, 0.15) is 11.7 Å². The van der Waals surface area contributed by atoms with Crippen LogP contribution in [0.1, 0.15) is 24.2 Å². The molecule has 5 rings (SSSR count). The normalized spacial score (nSPS) is 20.2. The Morgan fingerprint density at radius 3 is 2.35 bits per heavy atom. The van der Waals surface area contributed by atoms with Gasteiger partial charge in [-0.3, -0.25) is 4.79 Å². The van der Waals surface area contributed by atoms with Crippen molar-refractivity contribution in [3.8, 4) is 0 Å². The van der Waals surface area contributed by atoms with E-state index in [-0.39, 0.29) is 17.8 Å². The van der Waals surface area contributed by atoms with Gasteiger partial charge in [-0.2, -0.15) is 5.10 Å². The molecule has 176 valence electrons. The summed E-state index contributed by atoms with van der Waals surface area (Å²) in [6, 6.07) is 13.4. The fraction of sp³-hybridized carbons (Fsp3) is 0.320. The van der Waals surface area contributed by atoms with Crippen LogP contribution in [0.3, 0.4) is 0 Å². The molecule has 9 heteroatoms. The summed E-state index contributed by atoms with van der Waals surface area (Å²) in [7, 11) is 0. The molecule has 0 radical (unpaired) electrons. The minimum absolute atomic E-state index is 0.00915. The first-order valence-corrected chi connectivity index (χ1v) is 11.9. The van der Waals surface area contributed by atoms with E-state index in [0.717, 1.165) is 28.5 Å². The molecule has 3 aromatic rings. The monoisotopic (exact) mass is 499 g/mol. The van der Waals surface area contributed by atoms with Gasteiger partial charge < -0.3 is 9.80 Å². The Morgan fingerprint density at radius 1 is 0.971 bits per heavy atom. The summed E-state index contributed by atoms with van der Waals surface area (Å²) in [6.45, 7) is 6.28. The molecule has 3 heterocycles. The van der Waals surface area contributed by atoms with Crippen molar-refractivity contribution in [3.05, 3.63) is 75.7 Å². The quantitative estimate of drug-likeness (QED) is 0.491. The number of anilines is 1. The number of hydrogen-bond donors (Lipinski definition) is 0. The standard InChI is InChI=1S/C25H24Cl2FN5O/c1-15-13-22-29-16(2)23(24(33(22)30-15)17-3-8-20(26)21(27)14-17)25(34)32-11-9-31(10-12-32)19-6-4-18(28)5-7-19/h3-8,13-14,23-24H,9-12H2,1-2H3. The molecule has 2 aromatic carbocycles. The number of piperazine rings is 1. The van der Waals surface area contributed by atoms with Crippen LogP contribution in [0.25, 0.3) is 0 Å². The van der Waals surface area contributed by atoms with Crippen LogP contribution in [0.4, 0.5) is 15.9 Å². The summed E-state index contributed by atoms with van der Waals surface area (Å²) in [5.74, 6) is -0.0428. The number of nitrogens with zero attached hydrogens (tertiary/aromatic N) is 5. The first kappa shape index (κ1) is 22.9. The predicted octanol–water partition coefficient (Wildman–Crippen LogP) is 5.30. The highest BCUT2D eigenvalue weighted by molar-refractivity contribution is 6.42. The first-order chi connectivity index (χ1) is 16.3. The Balaban J connectivity index is 1.43. The molecule has 2 aliphatic heterocycles. The number of aryl methyl sites for hydroxylation is 1. The fourth-order valence-electron chi connectivity index (χ4n) is 4.79. The SMILES string of the molecule is CC1=Nc2cc(C)nn2C(c2ccc(Cl)c(Cl)c2)C1C(=O)N1CCN(c2ccc(F)cc2)CC1. The molecule has 0 aliphatic carbocycles. The maximum absolute atomic E-state index is 13.9. The zero-order valence-electron chi connectivity index (χ0n) is 18.9. The highest BCUT2D eigenvalue weighted by Crippen LogP contribution is 2.39. The highest BCUT2D eigenvalue weighted by Gasteiger charge is 2.41. The van der Waals surface area contributed by atoms with Gasteiger partial charge in [0.2, 0.25) is 5.91 Å². The van der Waals surface area contributed by atoms with Crippen molar-refractivity contribution in [2.24, 2.45) is 10.9 Å². The minimum atomic E-state index is -0.513. The van der Waals surface area contributed by atoms with E-state index < -0.39 is 5.92 Å². The summed E-state index contributed by atoms with van der Waals surface area (Å²) < 4.78 is 15.1. The average Bonchev–Trinajstić information content (AvgIpc) is 3.19. The molecular formula is C25H24Cl2FN5O. The lowest BCUT2D eigenvalue weighted by molar-refractivity contribution is -0.134. The molecule has 0 saturated carbocycles. The lowest BCUT2D eigenvalue weighted by Gasteiger charge is -2.40. The third kappa shape index (κ3) is 4.18. The molecule has 2 unspecified atom stereocenters. The average molecular weight is 500 g/mol. The zero-order chi connectivity index (χ0) is 24.0. The van der Waals surface area contributed by atoms with Crippen LogP contribution in [-0.2, 0) is 4.79 Å². The van der Waals surface area contributed by atoms with Gasteiger partial charge in [0.05, 0.1) is 21.8 Å². The van der Waals surface area contributed by atoms with E-state index >= 15 is 0 Å². The van der Waals surface area contributed by atoms with E-state index in [4.69, 9.17) is 28.2 Å². The Labute approximate surface area is 207 Å². The minimum Gasteiger partial charge on any atom is -0.368 e. The van der Waals surface area contributed by atoms with Crippen molar-refractivity contribution in [3.63, 3.8) is 0 Å². The largest absolute Gasteiger partial charge is 0.368 e. The second kappa shape index (κ2) is 9.04. The molecule has 0 spiro atoms. The Kier molecular flexibility index (Phi) is 6.08. The third-order valence-corrected chi connectivity index (χ3v) is 7.23. The lowest BCUT2D eigenvalue weighted by atomic mass is 9.87. The van der Waals surface area contributed by atoms with Crippen molar-refractivity contribution < 1.29 is 9.18 Å². The van der Waals surface area contributed by atoms with Crippen LogP contribution >= 0.6 is 23.2 Å². The number of carbonyl (C=O) groups excluding carboxylic acids is 1. The van der Waals surface area contributed by atoms with Crippen LogP contribution in [-0.4, -0.2) is 52.5 Å². The first-order valence-electron chi connectivity index (χ1n) is 11.2. The van der Waals surface area contributed by atoms with Gasteiger partial charge in [0.25, 0.3) is 0 Å². The Hall–Kier alpha value is -2.90. The lowest BCUT2D eigenvalue weighted by Crippen LogP contribution is -2.53. The molecular weight excluding hydrogens is 476 g/mol. The molecule has 6 nitrogen and oxygen atoms in total. The summed E-state index contributed by atoms with van der Waals surface area (Å²) >= 11 is 12.5. The molecule has 1 amide bonds. The highest BCUT2D eigenvalue weighted by atomic mass is 35.5. The van der Waals surface area contributed by atoms with Crippen LogP contribution < -0.4 is 4.90 Å². The predicted molar refractivity (Wildman–Crippen MR) is 133 cm³/mol. The number of halogens is 3. The Morgan fingerprint density at radius 2 is 1.68 bits per heavy atom. The van der Waals surface area contributed by atoms with E-state index in [1.54, 1.807) is 24.3 Å². The van der Waals surface area contributed by atoms with E-state index in [0.29, 0.717) is 36.2 Å². The molecule has 34 heavy (non-hydrogen) atoms. The topological polar surface area (TPSA) is 53.7 Å². The summed E-state index contributed by atoms with van der Waals surface area (Å²) in [4.78, 5) is 22.6. The number of carbonyl (C=O) groups is 1. The third-order valence-electron chi connectivity index (χ3n) is 6.49. The van der Waals surface area contributed by atoms with Gasteiger partial charge in [-0.1, -0.05) is 29.3 Å². The van der Waals surface area contributed by atoms with Crippen LogP contribution in [0.5, 0.6) is 0 Å². The summed E-state index contributed by atoms with van der Waals surface area (Å²) in [5, 5.41) is 5.55. The van der Waals surface area contributed by atoms with E-state index in [2.05, 4.69) is 10.00 Å². The van der Waals surface area contributed by atoms with Gasteiger partial charge in [0, 0.05) is 43.6 Å². The number of aliphatic imine (C=N–C) groups is 1. The van der Waals surface area contributed by atoms with Crippen molar-refractivity contribution in [1.82, 2.24) is 14.7 Å². The number of aromatic nitrogens is 2. The molecule has 0 N–H and O–H groups in total. The number of amides is 1. The molecule has 1 aromatic heterocycles. The molecule has 1 fully saturated rings. The molecule has 2 aliphatic rings. The second-order valence-electron chi connectivity index (χ2n) is 8.73. The van der Waals surface area contributed by atoms with Gasteiger partial charge in [0.15, 0.2) is 5.82 Å². The number of hydrogen-bond acceptors (Lipinski definition) is 4. The van der Waals surface area contributed by atoms with Crippen molar-refractivity contribution in [2.75, 3.05) is 31.1 Å². The van der Waals surface area contributed by atoms with Gasteiger partial charge in [-0.15, -0.1) is 0 Å². The van der Waals surface area contributed by atoms with E-state index in [9.17, 15) is 9.18 Å². The van der Waals surface area contributed by atoms with Crippen molar-refractivity contribution in [1.29, 1.82) is 0 Å². The molecule has 2 atom stereocenters. The van der Waals surface area contributed by atoms with Gasteiger partial charge in [-0.25, -0.2) is 14.1 Å². The number of benzene rings is 2. The fourth-order valence-corrected chi connectivity index (χ4v) is 5.10. The van der Waals surface area contributed by atoms with Crippen LogP contribution in [0.2, 0.25) is 10.0 Å². The number of rotatable bonds is 3. The van der Waals surface area contributed by atoms with E-state index in [1.807, 2.05) is 35.6 Å². The summed E-state index contributed by atoms with van der Waals surface area (Å²) in [5.41, 5.74) is 3.39. The van der Waals surface area contributed by atoms with Gasteiger partial charge in [-0.05, 0) is 55.8 Å². The van der Waals surface area contributed by atoms with E-state index in [1.165, 1.54) is 12.1 Å². The molecule has 0 bridgehead atoms. The summed E-state index contributed by atoms with van der Waals surface area (Å²) in [6.07, 6.45) is 0. The van der Waals surface area contributed by atoms with Crippen molar-refractivity contribution in [2.45, 2.75) is 19.9 Å². The van der Waals surface area contributed by atoms with Crippen LogP contribution in [0, 0.1) is 18.7 Å². The maximum atomic E-state index is 13.9. The Bertz CT molecular complexity index is 1260. The second-order valence-corrected chi connectivity index (χ2v) is 9.54. The van der Waals surface area contributed by atoms with Crippen molar-refractivity contribution >= 4 is 46.3 Å². The van der Waals surface area contributed by atoms with Crippen LogP contribution in [0.15, 0.2) is 53.5 Å². The maximum Gasteiger partial charge on any atom is 0.234 e. The zero-order valence-corrected chi connectivity index (χ0v) is 20.4.